The van der Waals surface area contributed by atoms with Gasteiger partial charge in [0.05, 0.1) is 0 Å². The van der Waals surface area contributed by atoms with Crippen LogP contribution in [0.2, 0.25) is 0 Å². The first-order chi connectivity index (χ1) is 7.95. The molecule has 1 unspecified atom stereocenters. The fraction of sp³-hybridized carbons (Fsp3) is 0.615. The molecule has 0 amide bonds. The highest BCUT2D eigenvalue weighted by Gasteiger charge is 2.10. The van der Waals surface area contributed by atoms with E-state index in [1.165, 1.54) is 31.4 Å². The van der Waals surface area contributed by atoms with Crippen molar-refractivity contribution in [2.45, 2.75) is 31.7 Å². The summed E-state index contributed by atoms with van der Waals surface area (Å²) in [7, 11) is 0. The molecular weight excluding hydrogens is 198 g/mol. The van der Waals surface area contributed by atoms with Crippen molar-refractivity contribution < 1.29 is 0 Å². The van der Waals surface area contributed by atoms with Crippen LogP contribution in [0.4, 0.5) is 0 Å². The number of rotatable bonds is 4. The highest BCUT2D eigenvalue weighted by atomic mass is 14.9. The van der Waals surface area contributed by atoms with Gasteiger partial charge in [-0.25, -0.2) is 0 Å². The maximum atomic E-state index is 4.03. The molecule has 2 rings (SSSR count). The summed E-state index contributed by atoms with van der Waals surface area (Å²) < 4.78 is 0. The summed E-state index contributed by atoms with van der Waals surface area (Å²) in [5.41, 5.74) is 1.37. The van der Waals surface area contributed by atoms with Crippen LogP contribution in [0.3, 0.4) is 0 Å². The van der Waals surface area contributed by atoms with Crippen molar-refractivity contribution in [3.63, 3.8) is 0 Å². The van der Waals surface area contributed by atoms with Crippen LogP contribution in [0.15, 0.2) is 24.5 Å². The summed E-state index contributed by atoms with van der Waals surface area (Å²) in [6, 6.07) is 4.89. The maximum absolute atomic E-state index is 4.03. The van der Waals surface area contributed by atoms with E-state index < -0.39 is 0 Å². The summed E-state index contributed by atoms with van der Waals surface area (Å²) in [6.07, 6.45) is 8.70. The fourth-order valence-electron chi connectivity index (χ4n) is 2.19. The van der Waals surface area contributed by atoms with Gasteiger partial charge in [-0.2, -0.15) is 0 Å². The van der Waals surface area contributed by atoms with Crippen LogP contribution in [0.5, 0.6) is 0 Å². The van der Waals surface area contributed by atoms with Crippen molar-refractivity contribution in [2.24, 2.45) is 0 Å². The molecule has 1 aliphatic heterocycles. The summed E-state index contributed by atoms with van der Waals surface area (Å²) in [4.78, 5) is 4.03. The number of nitrogens with zero attached hydrogens (tertiary/aromatic N) is 1. The lowest BCUT2D eigenvalue weighted by molar-refractivity contribution is 0.472. The van der Waals surface area contributed by atoms with Gasteiger partial charge in [-0.05, 0) is 63.0 Å². The quantitative estimate of drug-likeness (QED) is 0.803. The number of nitrogens with one attached hydrogen (secondary N) is 2. The Hall–Kier alpha value is -0.930. The number of pyridine rings is 1. The summed E-state index contributed by atoms with van der Waals surface area (Å²) in [5.74, 6) is 0. The van der Waals surface area contributed by atoms with Crippen LogP contribution in [0.1, 0.15) is 24.8 Å². The topological polar surface area (TPSA) is 37.0 Å². The number of hydrogen-bond acceptors (Lipinski definition) is 3. The Morgan fingerprint density at radius 2 is 2.12 bits per heavy atom. The van der Waals surface area contributed by atoms with Gasteiger partial charge in [0.2, 0.25) is 0 Å². The van der Waals surface area contributed by atoms with Gasteiger partial charge in [0.25, 0.3) is 0 Å². The van der Waals surface area contributed by atoms with E-state index in [-0.39, 0.29) is 0 Å². The molecule has 0 saturated carbocycles. The fourth-order valence-corrected chi connectivity index (χ4v) is 2.19. The molecule has 1 aromatic heterocycles. The van der Waals surface area contributed by atoms with Gasteiger partial charge in [0.15, 0.2) is 0 Å². The molecule has 1 saturated heterocycles. The third-order valence-corrected chi connectivity index (χ3v) is 3.17. The van der Waals surface area contributed by atoms with E-state index in [1.54, 1.807) is 0 Å². The average Bonchev–Trinajstić information content (AvgIpc) is 2.59. The molecule has 0 aliphatic carbocycles. The Labute approximate surface area is 97.7 Å². The second kappa shape index (κ2) is 6.61. The van der Waals surface area contributed by atoms with Crippen LogP contribution < -0.4 is 10.6 Å². The summed E-state index contributed by atoms with van der Waals surface area (Å²) in [6.45, 7) is 3.42. The van der Waals surface area contributed by atoms with E-state index in [4.69, 9.17) is 0 Å². The predicted molar refractivity (Wildman–Crippen MR) is 66.5 cm³/mol. The third kappa shape index (κ3) is 3.91. The average molecular weight is 219 g/mol. The van der Waals surface area contributed by atoms with E-state index in [0.717, 1.165) is 19.5 Å². The van der Waals surface area contributed by atoms with E-state index in [9.17, 15) is 0 Å². The molecule has 0 spiro atoms. The molecular formula is C13H21N3. The monoisotopic (exact) mass is 219 g/mol. The molecule has 16 heavy (non-hydrogen) atoms. The first kappa shape index (κ1) is 11.6. The van der Waals surface area contributed by atoms with Crippen LogP contribution in [0.25, 0.3) is 0 Å². The third-order valence-electron chi connectivity index (χ3n) is 3.17. The molecule has 2 N–H and O–H groups in total. The Balaban J connectivity index is 1.67. The Morgan fingerprint density at radius 3 is 3.00 bits per heavy atom. The largest absolute Gasteiger partial charge is 0.317 e. The molecule has 0 bridgehead atoms. The van der Waals surface area contributed by atoms with Crippen LogP contribution >= 0.6 is 0 Å². The van der Waals surface area contributed by atoms with Crippen molar-refractivity contribution in [1.29, 1.82) is 0 Å². The molecule has 0 radical (unpaired) electrons. The van der Waals surface area contributed by atoms with Crippen LogP contribution in [-0.4, -0.2) is 30.7 Å². The minimum Gasteiger partial charge on any atom is -0.317 e. The Bertz CT molecular complexity index is 278. The first-order valence-corrected chi connectivity index (χ1v) is 6.28. The van der Waals surface area contributed by atoms with Gasteiger partial charge in [-0.1, -0.05) is 0 Å². The maximum Gasteiger partial charge on any atom is 0.0270 e. The van der Waals surface area contributed by atoms with Crippen molar-refractivity contribution >= 4 is 0 Å². The predicted octanol–water partition coefficient (Wildman–Crippen LogP) is 1.36. The highest BCUT2D eigenvalue weighted by Crippen LogP contribution is 2.05. The highest BCUT2D eigenvalue weighted by molar-refractivity contribution is 5.09. The van der Waals surface area contributed by atoms with Crippen LogP contribution in [-0.2, 0) is 6.42 Å². The molecule has 1 atom stereocenters. The lowest BCUT2D eigenvalue weighted by atomic mass is 10.1. The number of hydrogen-bond donors (Lipinski definition) is 2. The summed E-state index contributed by atoms with van der Waals surface area (Å²) in [5, 5.41) is 7.09. The SMILES string of the molecule is c1cc(CCNC2CCCNCC2)ccn1. The Morgan fingerprint density at radius 1 is 1.25 bits per heavy atom. The molecule has 0 aromatic carbocycles. The second-order valence-electron chi connectivity index (χ2n) is 4.44. The van der Waals surface area contributed by atoms with Crippen LogP contribution in [0, 0.1) is 0 Å². The van der Waals surface area contributed by atoms with Crippen molar-refractivity contribution in [3.05, 3.63) is 30.1 Å². The van der Waals surface area contributed by atoms with E-state index in [1.807, 2.05) is 12.4 Å². The molecule has 88 valence electrons. The van der Waals surface area contributed by atoms with Gasteiger partial charge >= 0.3 is 0 Å². The first-order valence-electron chi connectivity index (χ1n) is 6.28. The van der Waals surface area contributed by atoms with Gasteiger partial charge in [0.1, 0.15) is 0 Å². The molecule has 1 aliphatic rings. The van der Waals surface area contributed by atoms with E-state index >= 15 is 0 Å². The lowest BCUT2D eigenvalue weighted by Crippen LogP contribution is -2.31. The molecule has 1 aromatic rings. The van der Waals surface area contributed by atoms with Gasteiger partial charge in [0, 0.05) is 18.4 Å². The zero-order valence-electron chi connectivity index (χ0n) is 9.78. The van der Waals surface area contributed by atoms with Crippen molar-refractivity contribution in [1.82, 2.24) is 15.6 Å². The molecule has 3 heteroatoms. The molecule has 2 heterocycles. The smallest absolute Gasteiger partial charge is 0.0270 e. The minimum atomic E-state index is 0.705. The van der Waals surface area contributed by atoms with E-state index in [0.29, 0.717) is 6.04 Å². The zero-order chi connectivity index (χ0) is 11.1. The van der Waals surface area contributed by atoms with Crippen molar-refractivity contribution in [3.8, 4) is 0 Å². The van der Waals surface area contributed by atoms with Gasteiger partial charge < -0.3 is 10.6 Å². The minimum absolute atomic E-state index is 0.705. The normalized spacial score (nSPS) is 21.6. The molecule has 3 nitrogen and oxygen atoms in total. The zero-order valence-corrected chi connectivity index (χ0v) is 9.78. The standard InChI is InChI=1S/C13H21N3/c1-2-13(6-10-14-7-1)16-11-5-12-3-8-15-9-4-12/h3-4,8-9,13-14,16H,1-2,5-7,10-11H2. The van der Waals surface area contributed by atoms with Gasteiger partial charge in [-0.15, -0.1) is 0 Å². The van der Waals surface area contributed by atoms with E-state index in [2.05, 4.69) is 27.8 Å². The van der Waals surface area contributed by atoms with Crippen molar-refractivity contribution in [2.75, 3.05) is 19.6 Å². The summed E-state index contributed by atoms with van der Waals surface area (Å²) >= 11 is 0. The second-order valence-corrected chi connectivity index (χ2v) is 4.44. The Kier molecular flexibility index (Phi) is 4.77. The van der Waals surface area contributed by atoms with Gasteiger partial charge in [-0.3, -0.25) is 4.98 Å². The molecule has 1 fully saturated rings. The lowest BCUT2D eigenvalue weighted by Gasteiger charge is -2.15. The number of aromatic nitrogens is 1.